The summed E-state index contributed by atoms with van der Waals surface area (Å²) in [5, 5.41) is 8.78. The van der Waals surface area contributed by atoms with Crippen LogP contribution in [0, 0.1) is 0 Å². The summed E-state index contributed by atoms with van der Waals surface area (Å²) in [6, 6.07) is 6.07. The van der Waals surface area contributed by atoms with E-state index in [1.165, 1.54) is 18.2 Å². The lowest BCUT2D eigenvalue weighted by Crippen LogP contribution is -2.16. The zero-order valence-corrected chi connectivity index (χ0v) is 11.4. The number of nitrogens with two attached hydrogens (primary N) is 1. The number of nitrogen functional groups attached to an aromatic ring is 1. The number of alkyl halides is 3. The van der Waals surface area contributed by atoms with Crippen molar-refractivity contribution in [2.24, 2.45) is 0 Å². The maximum atomic E-state index is 12.1. The Labute approximate surface area is 127 Å². The van der Waals surface area contributed by atoms with Gasteiger partial charge in [-0.15, -0.1) is 13.2 Å². The molecule has 0 saturated carbocycles. The zero-order valence-electron chi connectivity index (χ0n) is 10.7. The number of ether oxygens (including phenoxy) is 1. The summed E-state index contributed by atoms with van der Waals surface area (Å²) in [6.07, 6.45) is -4.79. The fourth-order valence-electron chi connectivity index (χ4n) is 1.67. The first kappa shape index (κ1) is 15.9. The molecule has 5 nitrogen and oxygen atoms in total. The highest BCUT2D eigenvalue weighted by Crippen LogP contribution is 2.30. The van der Waals surface area contributed by atoms with Crippen LogP contribution in [0.2, 0.25) is 5.02 Å². The molecule has 0 atom stereocenters. The number of benzene rings is 1. The van der Waals surface area contributed by atoms with Crippen molar-refractivity contribution in [3.63, 3.8) is 0 Å². The number of rotatable bonds is 3. The lowest BCUT2D eigenvalue weighted by molar-refractivity contribution is -0.274. The number of hydrogen-bond acceptors (Lipinski definition) is 4. The Morgan fingerprint density at radius 1 is 1.27 bits per heavy atom. The fourth-order valence-corrected chi connectivity index (χ4v) is 1.84. The minimum absolute atomic E-state index is 0.000292. The van der Waals surface area contributed by atoms with Crippen molar-refractivity contribution in [1.29, 1.82) is 0 Å². The molecule has 1 aromatic carbocycles. The standard InChI is InChI=1S/C13H8ClF3N2O3/c14-10-8(18)5-9(19-11(10)12(20)21)6-1-3-7(4-2-6)22-13(15,16)17/h1-5H,(H2,18,19)(H,20,21). The van der Waals surface area contributed by atoms with Crippen LogP contribution in [0.5, 0.6) is 5.75 Å². The van der Waals surface area contributed by atoms with Crippen molar-refractivity contribution in [1.82, 2.24) is 4.98 Å². The first-order chi connectivity index (χ1) is 10.2. The van der Waals surface area contributed by atoms with E-state index in [2.05, 4.69) is 9.72 Å². The van der Waals surface area contributed by atoms with Crippen LogP contribution in [0.15, 0.2) is 30.3 Å². The topological polar surface area (TPSA) is 85.4 Å². The second-order valence-corrected chi connectivity index (χ2v) is 4.51. The van der Waals surface area contributed by atoms with Gasteiger partial charge in [0, 0.05) is 5.56 Å². The van der Waals surface area contributed by atoms with E-state index < -0.39 is 23.8 Å². The number of pyridine rings is 1. The number of halogens is 4. The molecule has 0 aliphatic rings. The summed E-state index contributed by atoms with van der Waals surface area (Å²) in [7, 11) is 0. The molecule has 2 aromatic rings. The number of nitrogens with zero attached hydrogens (tertiary/aromatic N) is 1. The molecule has 116 valence electrons. The Kier molecular flexibility index (Phi) is 4.14. The summed E-state index contributed by atoms with van der Waals surface area (Å²) in [5.74, 6) is -1.77. The molecule has 1 heterocycles. The third-order valence-corrected chi connectivity index (χ3v) is 2.97. The monoisotopic (exact) mass is 332 g/mol. The fraction of sp³-hybridized carbons (Fsp3) is 0.0769. The zero-order chi connectivity index (χ0) is 16.5. The van der Waals surface area contributed by atoms with Gasteiger partial charge < -0.3 is 15.6 Å². The van der Waals surface area contributed by atoms with Gasteiger partial charge in [0.1, 0.15) is 5.75 Å². The lowest BCUT2D eigenvalue weighted by atomic mass is 10.1. The molecule has 3 N–H and O–H groups in total. The Hall–Kier alpha value is -2.48. The van der Waals surface area contributed by atoms with Gasteiger partial charge in [-0.2, -0.15) is 0 Å². The molecular formula is C13H8ClF3N2O3. The van der Waals surface area contributed by atoms with Crippen LogP contribution < -0.4 is 10.5 Å². The number of carboxylic acids is 1. The van der Waals surface area contributed by atoms with Gasteiger partial charge in [0.25, 0.3) is 0 Å². The van der Waals surface area contributed by atoms with Gasteiger partial charge in [0.2, 0.25) is 0 Å². The summed E-state index contributed by atoms with van der Waals surface area (Å²) in [4.78, 5) is 14.9. The number of hydrogen-bond donors (Lipinski definition) is 2. The van der Waals surface area contributed by atoms with E-state index in [1.807, 2.05) is 0 Å². The number of carboxylic acid groups (broad SMARTS) is 1. The van der Waals surface area contributed by atoms with E-state index in [0.717, 1.165) is 12.1 Å². The smallest absolute Gasteiger partial charge is 0.476 e. The van der Waals surface area contributed by atoms with Crippen molar-refractivity contribution in [3.8, 4) is 17.0 Å². The van der Waals surface area contributed by atoms with Crippen molar-refractivity contribution in [3.05, 3.63) is 41.0 Å². The SMILES string of the molecule is Nc1cc(-c2ccc(OC(F)(F)F)cc2)nc(C(=O)O)c1Cl. The summed E-state index contributed by atoms with van der Waals surface area (Å²) >= 11 is 5.73. The van der Waals surface area contributed by atoms with Crippen molar-refractivity contribution in [2.75, 3.05) is 5.73 Å². The summed E-state index contributed by atoms with van der Waals surface area (Å²) in [6.45, 7) is 0. The third-order valence-electron chi connectivity index (χ3n) is 2.57. The lowest BCUT2D eigenvalue weighted by Gasteiger charge is -2.10. The largest absolute Gasteiger partial charge is 0.573 e. The Bertz CT molecular complexity index is 718. The van der Waals surface area contributed by atoms with Gasteiger partial charge in [0.15, 0.2) is 5.69 Å². The highest BCUT2D eigenvalue weighted by Gasteiger charge is 2.31. The van der Waals surface area contributed by atoms with Crippen LogP contribution in [-0.2, 0) is 0 Å². The molecule has 1 aromatic heterocycles. The highest BCUT2D eigenvalue weighted by molar-refractivity contribution is 6.35. The minimum atomic E-state index is -4.79. The normalized spacial score (nSPS) is 11.3. The van der Waals surface area contributed by atoms with Gasteiger partial charge in [0.05, 0.1) is 16.4 Å². The summed E-state index contributed by atoms with van der Waals surface area (Å²) in [5.41, 5.74) is 5.69. The van der Waals surface area contributed by atoms with Crippen molar-refractivity contribution in [2.45, 2.75) is 6.36 Å². The molecule has 9 heteroatoms. The molecule has 22 heavy (non-hydrogen) atoms. The number of carbonyl (C=O) groups is 1. The van der Waals surface area contributed by atoms with Gasteiger partial charge in [-0.05, 0) is 30.3 Å². The first-order valence-corrected chi connectivity index (χ1v) is 6.10. The Morgan fingerprint density at radius 2 is 1.86 bits per heavy atom. The van der Waals surface area contributed by atoms with Crippen molar-refractivity contribution >= 4 is 23.3 Å². The predicted molar refractivity (Wildman–Crippen MR) is 72.7 cm³/mol. The van der Waals surface area contributed by atoms with E-state index in [-0.39, 0.29) is 16.4 Å². The molecule has 0 aliphatic carbocycles. The molecule has 0 radical (unpaired) electrons. The van der Waals surface area contributed by atoms with Gasteiger partial charge in [-0.3, -0.25) is 0 Å². The van der Waals surface area contributed by atoms with Crippen molar-refractivity contribution < 1.29 is 27.8 Å². The van der Waals surface area contributed by atoms with Crippen LogP contribution >= 0.6 is 11.6 Å². The molecule has 0 amide bonds. The highest BCUT2D eigenvalue weighted by atomic mass is 35.5. The van der Waals surface area contributed by atoms with E-state index >= 15 is 0 Å². The van der Waals surface area contributed by atoms with Gasteiger partial charge in [-0.25, -0.2) is 9.78 Å². The van der Waals surface area contributed by atoms with Crippen LogP contribution in [0.25, 0.3) is 11.3 Å². The van der Waals surface area contributed by atoms with E-state index in [0.29, 0.717) is 5.56 Å². The van der Waals surface area contributed by atoms with E-state index in [9.17, 15) is 18.0 Å². The van der Waals surface area contributed by atoms with Crippen LogP contribution in [0.4, 0.5) is 18.9 Å². The molecule has 0 spiro atoms. The second-order valence-electron chi connectivity index (χ2n) is 4.14. The van der Waals surface area contributed by atoms with Crippen LogP contribution in [0.3, 0.4) is 0 Å². The van der Waals surface area contributed by atoms with E-state index in [4.69, 9.17) is 22.4 Å². The average Bonchev–Trinajstić information content (AvgIpc) is 2.40. The maximum Gasteiger partial charge on any atom is 0.573 e. The Balaban J connectivity index is 2.38. The number of aromatic carboxylic acids is 1. The predicted octanol–water partition coefficient (Wildman–Crippen LogP) is 3.58. The Morgan fingerprint density at radius 3 is 2.36 bits per heavy atom. The molecule has 0 saturated heterocycles. The van der Waals surface area contributed by atoms with E-state index in [1.54, 1.807) is 0 Å². The van der Waals surface area contributed by atoms with Gasteiger partial charge >= 0.3 is 12.3 Å². The molecular weight excluding hydrogens is 325 g/mol. The summed E-state index contributed by atoms with van der Waals surface area (Å²) < 4.78 is 40.0. The molecule has 0 bridgehead atoms. The van der Waals surface area contributed by atoms with Crippen LogP contribution in [-0.4, -0.2) is 22.4 Å². The average molecular weight is 333 g/mol. The quantitative estimate of drug-likeness (QED) is 0.897. The number of anilines is 1. The molecule has 0 fully saturated rings. The molecule has 0 unspecified atom stereocenters. The number of aromatic nitrogens is 1. The first-order valence-electron chi connectivity index (χ1n) is 5.73. The maximum absolute atomic E-state index is 12.1. The minimum Gasteiger partial charge on any atom is -0.476 e. The van der Waals surface area contributed by atoms with Gasteiger partial charge in [-0.1, -0.05) is 11.6 Å². The van der Waals surface area contributed by atoms with Crippen LogP contribution in [0.1, 0.15) is 10.5 Å². The third kappa shape index (κ3) is 3.59. The molecule has 2 rings (SSSR count). The molecule has 0 aliphatic heterocycles. The second kappa shape index (κ2) is 5.72.